The zero-order valence-electron chi connectivity index (χ0n) is 12.5. The maximum Gasteiger partial charge on any atom is 0.119 e. The molecule has 3 heteroatoms. The van der Waals surface area contributed by atoms with Crippen molar-refractivity contribution in [1.82, 2.24) is 10.2 Å². The molecular formula is C17H24N2O. The molecule has 2 heterocycles. The molecule has 1 aromatic carbocycles. The van der Waals surface area contributed by atoms with Gasteiger partial charge < -0.3 is 15.0 Å². The Balaban J connectivity index is 1.88. The highest BCUT2D eigenvalue weighted by Crippen LogP contribution is 2.52. The quantitative estimate of drug-likeness (QED) is 0.844. The predicted octanol–water partition coefficient (Wildman–Crippen LogP) is 1.80. The first kappa shape index (κ1) is 12.7. The third-order valence-corrected chi connectivity index (χ3v) is 6.05. The molecular weight excluding hydrogens is 248 g/mol. The molecule has 1 aliphatic carbocycles. The summed E-state index contributed by atoms with van der Waals surface area (Å²) >= 11 is 0. The van der Waals surface area contributed by atoms with Gasteiger partial charge in [0.25, 0.3) is 0 Å². The fourth-order valence-corrected chi connectivity index (χ4v) is 4.93. The first-order valence-electron chi connectivity index (χ1n) is 7.83. The Bertz CT molecular complexity index is 530. The van der Waals surface area contributed by atoms with E-state index in [1.807, 2.05) is 0 Å². The maximum atomic E-state index is 5.49. The van der Waals surface area contributed by atoms with Crippen molar-refractivity contribution in [3.63, 3.8) is 0 Å². The Kier molecular flexibility index (Phi) is 2.83. The van der Waals surface area contributed by atoms with Crippen molar-refractivity contribution >= 4 is 0 Å². The van der Waals surface area contributed by atoms with Gasteiger partial charge in [0.2, 0.25) is 0 Å². The van der Waals surface area contributed by atoms with Gasteiger partial charge in [-0.25, -0.2) is 0 Å². The highest BCUT2D eigenvalue weighted by molar-refractivity contribution is 5.45. The van der Waals surface area contributed by atoms with Crippen molar-refractivity contribution in [2.24, 2.45) is 5.92 Å². The maximum absolute atomic E-state index is 5.49. The second kappa shape index (κ2) is 4.47. The molecule has 108 valence electrons. The summed E-state index contributed by atoms with van der Waals surface area (Å²) in [4.78, 5) is 2.59. The molecule has 1 unspecified atom stereocenters. The summed E-state index contributed by atoms with van der Waals surface area (Å²) in [5.74, 6) is 1.78. The van der Waals surface area contributed by atoms with E-state index >= 15 is 0 Å². The van der Waals surface area contributed by atoms with Gasteiger partial charge in [-0.1, -0.05) is 6.07 Å². The van der Waals surface area contributed by atoms with Crippen LogP contribution in [-0.4, -0.2) is 44.7 Å². The monoisotopic (exact) mass is 272 g/mol. The van der Waals surface area contributed by atoms with E-state index in [9.17, 15) is 0 Å². The third-order valence-electron chi connectivity index (χ3n) is 6.05. The number of nitrogens with zero attached hydrogens (tertiary/aromatic N) is 1. The molecule has 1 aromatic rings. The molecule has 3 atom stereocenters. The summed E-state index contributed by atoms with van der Waals surface area (Å²) in [6, 6.07) is 7.47. The lowest BCUT2D eigenvalue weighted by molar-refractivity contribution is 0.0114. The van der Waals surface area contributed by atoms with E-state index < -0.39 is 0 Å². The lowest BCUT2D eigenvalue weighted by atomic mass is 9.55. The van der Waals surface area contributed by atoms with Gasteiger partial charge in [0.1, 0.15) is 5.75 Å². The van der Waals surface area contributed by atoms with E-state index in [0.29, 0.717) is 11.5 Å². The molecule has 3 aliphatic rings. The molecule has 2 fully saturated rings. The summed E-state index contributed by atoms with van der Waals surface area (Å²) in [5, 5.41) is 3.63. The van der Waals surface area contributed by atoms with E-state index in [0.717, 1.165) is 18.2 Å². The van der Waals surface area contributed by atoms with Crippen molar-refractivity contribution in [1.29, 1.82) is 0 Å². The van der Waals surface area contributed by atoms with Gasteiger partial charge in [-0.05, 0) is 68.6 Å². The molecule has 0 radical (unpaired) electrons. The number of hydrogen-bond acceptors (Lipinski definition) is 3. The molecule has 0 aromatic heterocycles. The number of nitrogens with one attached hydrogen (secondary N) is 1. The van der Waals surface area contributed by atoms with E-state index in [1.165, 1.54) is 32.4 Å². The summed E-state index contributed by atoms with van der Waals surface area (Å²) in [6.45, 7) is 3.56. The minimum atomic E-state index is 0.393. The first-order valence-corrected chi connectivity index (χ1v) is 7.83. The van der Waals surface area contributed by atoms with Crippen molar-refractivity contribution < 1.29 is 4.74 Å². The van der Waals surface area contributed by atoms with Gasteiger partial charge in [-0.2, -0.15) is 0 Å². The lowest BCUT2D eigenvalue weighted by Crippen LogP contribution is -2.64. The van der Waals surface area contributed by atoms with Crippen LogP contribution in [0.3, 0.4) is 0 Å². The normalized spacial score (nSPS) is 36.1. The van der Waals surface area contributed by atoms with Crippen molar-refractivity contribution in [3.05, 3.63) is 29.3 Å². The van der Waals surface area contributed by atoms with Crippen molar-refractivity contribution in [2.75, 3.05) is 33.8 Å². The van der Waals surface area contributed by atoms with Crippen LogP contribution in [0.5, 0.6) is 5.75 Å². The van der Waals surface area contributed by atoms with Crippen LogP contribution in [0.1, 0.15) is 24.0 Å². The van der Waals surface area contributed by atoms with E-state index in [1.54, 1.807) is 18.2 Å². The molecule has 1 N–H and O–H groups in total. The predicted molar refractivity (Wildman–Crippen MR) is 80.4 cm³/mol. The van der Waals surface area contributed by atoms with Crippen LogP contribution in [0.4, 0.5) is 0 Å². The Morgan fingerprint density at radius 2 is 2.25 bits per heavy atom. The SMILES string of the molecule is COc1ccc2c(c1)C13CCNC[C@H]1[C@@H](C2)N(C)CC3. The molecule has 20 heavy (non-hydrogen) atoms. The standard InChI is InChI=1S/C17H24N2O/c1-19-8-6-17-5-7-18-11-15(17)16(19)9-12-3-4-13(20-2)10-14(12)17/h3-4,10,15-16,18H,5-9,11H2,1-2H3/t15-,16+,17?/m0/s1. The van der Waals surface area contributed by atoms with Gasteiger partial charge in [-0.3, -0.25) is 0 Å². The van der Waals surface area contributed by atoms with Crippen LogP contribution >= 0.6 is 0 Å². The number of likely N-dealkylation sites (N-methyl/N-ethyl adjacent to an activating group) is 1. The fourth-order valence-electron chi connectivity index (χ4n) is 4.93. The third kappa shape index (κ3) is 1.60. The summed E-state index contributed by atoms with van der Waals surface area (Å²) in [7, 11) is 4.08. The topological polar surface area (TPSA) is 24.5 Å². The van der Waals surface area contributed by atoms with Gasteiger partial charge in [0.05, 0.1) is 7.11 Å². The molecule has 2 saturated heterocycles. The number of hydrogen-bond donors (Lipinski definition) is 1. The minimum absolute atomic E-state index is 0.393. The fraction of sp³-hybridized carbons (Fsp3) is 0.647. The summed E-state index contributed by atoms with van der Waals surface area (Å²) in [5.41, 5.74) is 3.54. The number of benzene rings is 1. The average molecular weight is 272 g/mol. The Morgan fingerprint density at radius 3 is 3.10 bits per heavy atom. The van der Waals surface area contributed by atoms with E-state index in [-0.39, 0.29) is 0 Å². The Labute approximate surface area is 121 Å². The first-order chi connectivity index (χ1) is 9.74. The van der Waals surface area contributed by atoms with Crippen LogP contribution in [0, 0.1) is 5.92 Å². The number of methoxy groups -OCH3 is 1. The van der Waals surface area contributed by atoms with Gasteiger partial charge in [0, 0.05) is 18.0 Å². The van der Waals surface area contributed by atoms with Crippen molar-refractivity contribution in [2.45, 2.75) is 30.7 Å². The molecule has 2 bridgehead atoms. The number of piperidine rings is 2. The molecule has 2 aliphatic heterocycles. The van der Waals surface area contributed by atoms with Gasteiger partial charge in [-0.15, -0.1) is 0 Å². The van der Waals surface area contributed by atoms with Gasteiger partial charge >= 0.3 is 0 Å². The van der Waals surface area contributed by atoms with Gasteiger partial charge in [0.15, 0.2) is 0 Å². The number of likely N-dealkylation sites (tertiary alicyclic amines) is 1. The van der Waals surface area contributed by atoms with Crippen LogP contribution in [0.25, 0.3) is 0 Å². The van der Waals surface area contributed by atoms with Crippen LogP contribution in [-0.2, 0) is 11.8 Å². The zero-order chi connectivity index (χ0) is 13.7. The van der Waals surface area contributed by atoms with Crippen LogP contribution in [0.15, 0.2) is 18.2 Å². The number of fused-ring (bicyclic) bond motifs is 1. The van der Waals surface area contributed by atoms with E-state index in [2.05, 4.69) is 35.5 Å². The second-order valence-electron chi connectivity index (χ2n) is 6.74. The van der Waals surface area contributed by atoms with Crippen LogP contribution < -0.4 is 10.1 Å². The largest absolute Gasteiger partial charge is 0.497 e. The Hall–Kier alpha value is -1.06. The summed E-state index contributed by atoms with van der Waals surface area (Å²) < 4.78 is 5.49. The van der Waals surface area contributed by atoms with Crippen molar-refractivity contribution in [3.8, 4) is 5.75 Å². The smallest absolute Gasteiger partial charge is 0.119 e. The average Bonchev–Trinajstić information content (AvgIpc) is 2.50. The lowest BCUT2D eigenvalue weighted by Gasteiger charge is -2.58. The Morgan fingerprint density at radius 1 is 1.35 bits per heavy atom. The number of rotatable bonds is 1. The molecule has 0 amide bonds. The molecule has 4 rings (SSSR count). The second-order valence-corrected chi connectivity index (χ2v) is 6.74. The molecule has 0 spiro atoms. The minimum Gasteiger partial charge on any atom is -0.497 e. The highest BCUT2D eigenvalue weighted by Gasteiger charge is 2.53. The van der Waals surface area contributed by atoms with E-state index in [4.69, 9.17) is 4.74 Å². The number of ether oxygens (including phenoxy) is 1. The highest BCUT2D eigenvalue weighted by atomic mass is 16.5. The van der Waals surface area contributed by atoms with Crippen LogP contribution in [0.2, 0.25) is 0 Å². The summed E-state index contributed by atoms with van der Waals surface area (Å²) in [6.07, 6.45) is 3.78. The molecule has 0 saturated carbocycles. The molecule has 3 nitrogen and oxygen atoms in total. The zero-order valence-corrected chi connectivity index (χ0v) is 12.5.